The first kappa shape index (κ1) is 23.7. The van der Waals surface area contributed by atoms with E-state index >= 15 is 0 Å². The van der Waals surface area contributed by atoms with Crippen LogP contribution in [0.1, 0.15) is 30.7 Å². The highest BCUT2D eigenvalue weighted by molar-refractivity contribution is 7.99. The van der Waals surface area contributed by atoms with E-state index in [4.69, 9.17) is 4.74 Å². The van der Waals surface area contributed by atoms with Gasteiger partial charge in [-0.2, -0.15) is 0 Å². The van der Waals surface area contributed by atoms with Gasteiger partial charge in [0.15, 0.2) is 11.6 Å². The van der Waals surface area contributed by atoms with Crippen LogP contribution in [0, 0.1) is 15.9 Å². The molecule has 0 spiro atoms. The lowest BCUT2D eigenvalue weighted by molar-refractivity contribution is -0.385. The van der Waals surface area contributed by atoms with Gasteiger partial charge >= 0.3 is 5.69 Å². The van der Waals surface area contributed by atoms with Crippen molar-refractivity contribution in [2.45, 2.75) is 38.0 Å². The summed E-state index contributed by atoms with van der Waals surface area (Å²) in [6, 6.07) is 9.19. The summed E-state index contributed by atoms with van der Waals surface area (Å²) >= 11 is 1.27. The van der Waals surface area contributed by atoms with Crippen LogP contribution >= 0.6 is 11.8 Å². The third-order valence-corrected chi connectivity index (χ3v) is 6.55. The monoisotopic (exact) mass is 485 g/mol. The van der Waals surface area contributed by atoms with Crippen molar-refractivity contribution in [3.63, 3.8) is 0 Å². The molecule has 1 amide bonds. The van der Waals surface area contributed by atoms with E-state index in [0.717, 1.165) is 38.1 Å². The predicted molar refractivity (Wildman–Crippen MR) is 127 cm³/mol. The minimum Gasteiger partial charge on any atom is -0.490 e. The van der Waals surface area contributed by atoms with Gasteiger partial charge in [0.2, 0.25) is 5.91 Å². The Labute approximate surface area is 199 Å². The van der Waals surface area contributed by atoms with Crippen molar-refractivity contribution in [1.82, 2.24) is 14.8 Å². The number of halogens is 1. The van der Waals surface area contributed by atoms with Crippen molar-refractivity contribution in [1.29, 1.82) is 0 Å². The van der Waals surface area contributed by atoms with Gasteiger partial charge in [0, 0.05) is 30.3 Å². The van der Waals surface area contributed by atoms with Crippen LogP contribution in [0.15, 0.2) is 36.4 Å². The fourth-order valence-corrected chi connectivity index (χ4v) is 4.65. The average molecular weight is 486 g/mol. The number of rotatable bonds is 8. The number of benzene rings is 2. The molecule has 0 saturated heterocycles. The van der Waals surface area contributed by atoms with Crippen LogP contribution in [0.5, 0.6) is 5.75 Å². The van der Waals surface area contributed by atoms with Crippen LogP contribution in [0.3, 0.4) is 0 Å². The highest BCUT2D eigenvalue weighted by atomic mass is 32.2. The number of aromatic nitrogens is 3. The number of carbonyl (C=O) groups excluding carboxylic acids is 1. The third-order valence-electron chi connectivity index (χ3n) is 5.55. The number of nitro groups is 1. The second kappa shape index (κ2) is 10.6. The van der Waals surface area contributed by atoms with E-state index < -0.39 is 10.7 Å². The van der Waals surface area contributed by atoms with Gasteiger partial charge in [-0.1, -0.05) is 12.5 Å². The van der Waals surface area contributed by atoms with Crippen LogP contribution in [-0.2, 0) is 23.5 Å². The summed E-state index contributed by atoms with van der Waals surface area (Å²) in [5.74, 6) is 1.31. The number of carbonyl (C=O) groups is 1. The second-order valence-corrected chi connectivity index (χ2v) is 8.89. The Morgan fingerprint density at radius 2 is 2.09 bits per heavy atom. The van der Waals surface area contributed by atoms with Gasteiger partial charge in [-0.15, -0.1) is 22.0 Å². The van der Waals surface area contributed by atoms with Gasteiger partial charge in [0.25, 0.3) is 0 Å². The number of amides is 1. The SMILES string of the molecule is COc1ccc(CSCC(=O)Nc2cc(-c3nnc4n3CCCCC4)ccc2F)cc1[N+](=O)[O-]. The van der Waals surface area contributed by atoms with E-state index in [0.29, 0.717) is 22.7 Å². The maximum Gasteiger partial charge on any atom is 0.311 e. The third kappa shape index (κ3) is 5.36. The van der Waals surface area contributed by atoms with Crippen molar-refractivity contribution in [3.05, 3.63) is 63.7 Å². The molecule has 1 aliphatic heterocycles. The number of nitro benzene ring substituents is 1. The molecule has 34 heavy (non-hydrogen) atoms. The highest BCUT2D eigenvalue weighted by Crippen LogP contribution is 2.29. The Bertz CT molecular complexity index is 1220. The van der Waals surface area contributed by atoms with Crippen LogP contribution in [0.2, 0.25) is 0 Å². The number of anilines is 1. The smallest absolute Gasteiger partial charge is 0.311 e. The lowest BCUT2D eigenvalue weighted by Gasteiger charge is -2.10. The summed E-state index contributed by atoms with van der Waals surface area (Å²) in [5, 5.41) is 22.4. The van der Waals surface area contributed by atoms with Gasteiger partial charge in [0.05, 0.1) is 23.5 Å². The molecular formula is C23H24FN5O4S. The van der Waals surface area contributed by atoms with Crippen molar-refractivity contribution >= 4 is 29.0 Å². The number of hydrogen-bond donors (Lipinski definition) is 1. The zero-order chi connectivity index (χ0) is 24.1. The van der Waals surface area contributed by atoms with Crippen LogP contribution in [-0.4, -0.2) is 38.5 Å². The molecule has 0 saturated carbocycles. The summed E-state index contributed by atoms with van der Waals surface area (Å²) in [4.78, 5) is 23.1. The number of fused-ring (bicyclic) bond motifs is 1. The molecule has 0 bridgehead atoms. The maximum atomic E-state index is 14.4. The molecule has 11 heteroatoms. The first-order chi connectivity index (χ1) is 16.5. The summed E-state index contributed by atoms with van der Waals surface area (Å²) < 4.78 is 21.5. The van der Waals surface area contributed by atoms with Crippen LogP contribution in [0.4, 0.5) is 15.8 Å². The molecule has 4 rings (SSSR count). The summed E-state index contributed by atoms with van der Waals surface area (Å²) in [6.45, 7) is 0.816. The summed E-state index contributed by atoms with van der Waals surface area (Å²) in [6.07, 6.45) is 4.11. The summed E-state index contributed by atoms with van der Waals surface area (Å²) in [5.41, 5.74) is 1.32. The topological polar surface area (TPSA) is 112 Å². The number of hydrogen-bond acceptors (Lipinski definition) is 7. The molecule has 1 aliphatic rings. The van der Waals surface area contributed by atoms with Gasteiger partial charge in [-0.25, -0.2) is 4.39 Å². The molecule has 0 aliphatic carbocycles. The summed E-state index contributed by atoms with van der Waals surface area (Å²) in [7, 11) is 1.37. The number of ether oxygens (including phenoxy) is 1. The Balaban J connectivity index is 1.40. The van der Waals surface area contributed by atoms with Crippen molar-refractivity contribution in [3.8, 4) is 17.1 Å². The average Bonchev–Trinajstić information content (AvgIpc) is 3.08. The van der Waals surface area contributed by atoms with Gasteiger partial charge < -0.3 is 14.6 Å². The molecule has 2 aromatic carbocycles. The van der Waals surface area contributed by atoms with E-state index in [1.807, 2.05) is 0 Å². The molecule has 0 radical (unpaired) electrons. The first-order valence-corrected chi connectivity index (χ1v) is 12.0. The minimum atomic E-state index is -0.538. The van der Waals surface area contributed by atoms with Crippen molar-refractivity contribution < 1.29 is 18.8 Å². The fourth-order valence-electron chi connectivity index (χ4n) is 3.87. The molecule has 0 fully saturated rings. The molecule has 1 aromatic heterocycles. The van der Waals surface area contributed by atoms with E-state index in [-0.39, 0.29) is 28.8 Å². The molecule has 0 atom stereocenters. The Kier molecular flexibility index (Phi) is 7.41. The lowest BCUT2D eigenvalue weighted by Crippen LogP contribution is -2.15. The number of aryl methyl sites for hydroxylation is 1. The largest absolute Gasteiger partial charge is 0.490 e. The molecule has 1 N–H and O–H groups in total. The first-order valence-electron chi connectivity index (χ1n) is 10.9. The normalized spacial score (nSPS) is 13.1. The number of methoxy groups -OCH3 is 1. The van der Waals surface area contributed by atoms with E-state index in [1.54, 1.807) is 18.2 Å². The van der Waals surface area contributed by atoms with E-state index in [1.165, 1.54) is 37.1 Å². The molecule has 9 nitrogen and oxygen atoms in total. The lowest BCUT2D eigenvalue weighted by atomic mass is 10.1. The second-order valence-electron chi connectivity index (χ2n) is 7.90. The number of nitrogens with zero attached hydrogens (tertiary/aromatic N) is 4. The molecule has 3 aromatic rings. The van der Waals surface area contributed by atoms with Gasteiger partial charge in [-0.05, 0) is 42.7 Å². The highest BCUT2D eigenvalue weighted by Gasteiger charge is 2.18. The molecule has 0 unspecified atom stereocenters. The fraction of sp³-hybridized carbons (Fsp3) is 0.348. The zero-order valence-electron chi connectivity index (χ0n) is 18.6. The van der Waals surface area contributed by atoms with Gasteiger partial charge in [0.1, 0.15) is 11.6 Å². The Morgan fingerprint density at radius 1 is 1.24 bits per heavy atom. The quantitative estimate of drug-likeness (QED) is 0.367. The minimum absolute atomic E-state index is 0.0594. The number of thioether (sulfide) groups is 1. The molecule has 2 heterocycles. The predicted octanol–water partition coefficient (Wildman–Crippen LogP) is 4.60. The molecular weight excluding hydrogens is 461 g/mol. The van der Waals surface area contributed by atoms with E-state index in [2.05, 4.69) is 20.1 Å². The van der Waals surface area contributed by atoms with Crippen molar-refractivity contribution in [2.75, 3.05) is 18.2 Å². The van der Waals surface area contributed by atoms with E-state index in [9.17, 15) is 19.3 Å². The standard InChI is InChI=1S/C23H24FN5O4S/c1-33-20-9-6-15(11-19(20)29(31)32)13-34-14-22(30)25-18-12-16(7-8-17(18)24)23-27-26-21-5-3-2-4-10-28(21)23/h6-9,11-12H,2-5,10,13-14H2,1H3,(H,25,30). The zero-order valence-corrected chi connectivity index (χ0v) is 19.4. The van der Waals surface area contributed by atoms with Crippen molar-refractivity contribution in [2.24, 2.45) is 0 Å². The van der Waals surface area contributed by atoms with Crippen LogP contribution in [0.25, 0.3) is 11.4 Å². The van der Waals surface area contributed by atoms with Crippen LogP contribution < -0.4 is 10.1 Å². The molecule has 178 valence electrons. The maximum absolute atomic E-state index is 14.4. The Hall–Kier alpha value is -3.47. The Morgan fingerprint density at radius 3 is 2.88 bits per heavy atom. The number of nitrogens with one attached hydrogen (secondary N) is 1. The van der Waals surface area contributed by atoms with Gasteiger partial charge in [-0.3, -0.25) is 14.9 Å².